The molecule has 0 radical (unpaired) electrons. The van der Waals surface area contributed by atoms with Crippen LogP contribution < -0.4 is 5.32 Å². The summed E-state index contributed by atoms with van der Waals surface area (Å²) in [6.45, 7) is 6.24. The second-order valence-electron chi connectivity index (χ2n) is 6.48. The highest BCUT2D eigenvalue weighted by atomic mass is 32.2. The minimum Gasteiger partial charge on any atom is -0.326 e. The molecule has 1 N–H and O–H groups in total. The number of carbonyl (C=O) groups is 1. The van der Waals surface area contributed by atoms with E-state index in [2.05, 4.69) is 30.2 Å². The standard InChI is InChI=1S/C22H27N3OS/c1-4-6-10-19-12-11-18(15-23)22(24-19)27-14-13-20(26)25-21-16(3)8-7-9-17(21)5-2/h7-9,11-12H,4-6,10,13-14H2,1-3H3,(H,25,26). The summed E-state index contributed by atoms with van der Waals surface area (Å²) in [5.74, 6) is 0.588. The average molecular weight is 382 g/mol. The Morgan fingerprint density at radius 3 is 2.78 bits per heavy atom. The number of unbranched alkanes of at least 4 members (excludes halogenated alkanes) is 1. The van der Waals surface area contributed by atoms with E-state index < -0.39 is 0 Å². The summed E-state index contributed by atoms with van der Waals surface area (Å²) in [5, 5.41) is 13.1. The fourth-order valence-corrected chi connectivity index (χ4v) is 3.75. The number of para-hydroxylation sites is 1. The number of aromatic nitrogens is 1. The molecule has 142 valence electrons. The first-order valence-electron chi connectivity index (χ1n) is 9.50. The largest absolute Gasteiger partial charge is 0.326 e. The van der Waals surface area contributed by atoms with E-state index in [1.54, 1.807) is 0 Å². The van der Waals surface area contributed by atoms with Crippen molar-refractivity contribution in [1.29, 1.82) is 5.26 Å². The maximum absolute atomic E-state index is 12.4. The molecule has 2 aromatic rings. The Kier molecular flexibility index (Phi) is 8.35. The number of nitrogens with zero attached hydrogens (tertiary/aromatic N) is 2. The quantitative estimate of drug-likeness (QED) is 0.600. The van der Waals surface area contributed by atoms with Crippen LogP contribution in [0.25, 0.3) is 0 Å². The lowest BCUT2D eigenvalue weighted by atomic mass is 10.1. The number of hydrogen-bond donors (Lipinski definition) is 1. The van der Waals surface area contributed by atoms with E-state index in [-0.39, 0.29) is 5.91 Å². The summed E-state index contributed by atoms with van der Waals surface area (Å²) in [6, 6.07) is 12.0. The molecule has 0 aliphatic heterocycles. The van der Waals surface area contributed by atoms with Crippen LogP contribution in [0, 0.1) is 18.3 Å². The van der Waals surface area contributed by atoms with Crippen molar-refractivity contribution in [2.45, 2.75) is 57.9 Å². The smallest absolute Gasteiger partial charge is 0.225 e. The van der Waals surface area contributed by atoms with E-state index in [1.807, 2.05) is 37.3 Å². The fourth-order valence-electron chi connectivity index (χ4n) is 2.82. The van der Waals surface area contributed by atoms with Crippen molar-refractivity contribution < 1.29 is 4.79 Å². The predicted octanol–water partition coefficient (Wildman–Crippen LogP) is 5.29. The lowest BCUT2D eigenvalue weighted by Gasteiger charge is -2.13. The van der Waals surface area contributed by atoms with Crippen LogP contribution in [0.2, 0.25) is 0 Å². The van der Waals surface area contributed by atoms with Crippen molar-refractivity contribution >= 4 is 23.4 Å². The SMILES string of the molecule is CCCCc1ccc(C#N)c(SCCC(=O)Nc2c(C)cccc2CC)n1. The van der Waals surface area contributed by atoms with E-state index in [4.69, 9.17) is 0 Å². The summed E-state index contributed by atoms with van der Waals surface area (Å²) in [7, 11) is 0. The number of aryl methyl sites for hydroxylation is 3. The highest BCUT2D eigenvalue weighted by Gasteiger charge is 2.11. The van der Waals surface area contributed by atoms with Crippen LogP contribution in [0.1, 0.15) is 55.5 Å². The van der Waals surface area contributed by atoms with Gasteiger partial charge in [0.15, 0.2) is 0 Å². The molecular weight excluding hydrogens is 354 g/mol. The van der Waals surface area contributed by atoms with Crippen LogP contribution >= 0.6 is 11.8 Å². The van der Waals surface area contributed by atoms with E-state index in [9.17, 15) is 10.1 Å². The van der Waals surface area contributed by atoms with Gasteiger partial charge in [0, 0.05) is 23.6 Å². The highest BCUT2D eigenvalue weighted by molar-refractivity contribution is 7.99. The van der Waals surface area contributed by atoms with Gasteiger partial charge in [0.05, 0.1) is 5.56 Å². The normalized spacial score (nSPS) is 10.4. The summed E-state index contributed by atoms with van der Waals surface area (Å²) in [6.07, 6.45) is 4.38. The molecule has 0 unspecified atom stereocenters. The maximum Gasteiger partial charge on any atom is 0.225 e. The van der Waals surface area contributed by atoms with Crippen molar-refractivity contribution in [3.63, 3.8) is 0 Å². The highest BCUT2D eigenvalue weighted by Crippen LogP contribution is 2.24. The lowest BCUT2D eigenvalue weighted by molar-refractivity contribution is -0.115. The predicted molar refractivity (Wildman–Crippen MR) is 112 cm³/mol. The molecule has 5 heteroatoms. The number of rotatable bonds is 9. The molecule has 2 rings (SSSR count). The molecule has 0 aliphatic rings. The van der Waals surface area contributed by atoms with Gasteiger partial charge < -0.3 is 5.32 Å². The molecule has 4 nitrogen and oxygen atoms in total. The number of nitriles is 1. The molecule has 1 heterocycles. The zero-order valence-corrected chi connectivity index (χ0v) is 17.2. The van der Waals surface area contributed by atoms with Crippen LogP contribution in [0.5, 0.6) is 0 Å². The summed E-state index contributed by atoms with van der Waals surface area (Å²) >= 11 is 1.48. The Morgan fingerprint density at radius 1 is 1.26 bits per heavy atom. The van der Waals surface area contributed by atoms with Gasteiger partial charge in [0.1, 0.15) is 11.1 Å². The van der Waals surface area contributed by atoms with E-state index in [0.717, 1.165) is 53.2 Å². The zero-order chi connectivity index (χ0) is 19.6. The third-order valence-corrected chi connectivity index (χ3v) is 5.39. The maximum atomic E-state index is 12.4. The molecule has 1 aromatic heterocycles. The molecule has 27 heavy (non-hydrogen) atoms. The summed E-state index contributed by atoms with van der Waals surface area (Å²) in [5.41, 5.74) is 4.73. The van der Waals surface area contributed by atoms with Gasteiger partial charge in [-0.2, -0.15) is 5.26 Å². The van der Waals surface area contributed by atoms with Crippen molar-refractivity contribution in [2.75, 3.05) is 11.1 Å². The third-order valence-electron chi connectivity index (χ3n) is 4.40. The number of thioether (sulfide) groups is 1. The minimum atomic E-state index is -0.00727. The fraction of sp³-hybridized carbons (Fsp3) is 0.409. The Balaban J connectivity index is 1.96. The average Bonchev–Trinajstić information content (AvgIpc) is 2.68. The van der Waals surface area contributed by atoms with Crippen LogP contribution in [-0.4, -0.2) is 16.6 Å². The Morgan fingerprint density at radius 2 is 2.07 bits per heavy atom. The van der Waals surface area contributed by atoms with Gasteiger partial charge >= 0.3 is 0 Å². The Hall–Kier alpha value is -2.32. The minimum absolute atomic E-state index is 0.00727. The molecule has 0 fully saturated rings. The molecule has 0 aliphatic carbocycles. The Bertz CT molecular complexity index is 827. The first kappa shape index (κ1) is 21.0. The van der Waals surface area contributed by atoms with Gasteiger partial charge in [-0.3, -0.25) is 4.79 Å². The first-order valence-corrected chi connectivity index (χ1v) is 10.5. The van der Waals surface area contributed by atoms with Gasteiger partial charge in [-0.05, 0) is 49.4 Å². The molecule has 0 atom stereocenters. The van der Waals surface area contributed by atoms with Crippen molar-refractivity contribution in [3.05, 3.63) is 52.7 Å². The molecular formula is C22H27N3OS. The molecule has 0 bridgehead atoms. The summed E-state index contributed by atoms with van der Waals surface area (Å²) in [4.78, 5) is 17.0. The number of nitrogens with one attached hydrogen (secondary N) is 1. The molecule has 0 saturated carbocycles. The van der Waals surface area contributed by atoms with Crippen molar-refractivity contribution in [2.24, 2.45) is 0 Å². The second-order valence-corrected chi connectivity index (χ2v) is 7.56. The van der Waals surface area contributed by atoms with E-state index in [1.165, 1.54) is 11.8 Å². The zero-order valence-electron chi connectivity index (χ0n) is 16.3. The van der Waals surface area contributed by atoms with Gasteiger partial charge in [-0.1, -0.05) is 38.5 Å². The molecule has 0 saturated heterocycles. The molecule has 1 amide bonds. The number of amides is 1. The van der Waals surface area contributed by atoms with Crippen LogP contribution in [0.15, 0.2) is 35.4 Å². The number of hydrogen-bond acceptors (Lipinski definition) is 4. The van der Waals surface area contributed by atoms with Crippen LogP contribution in [0.4, 0.5) is 5.69 Å². The Labute approximate surface area is 166 Å². The first-order chi connectivity index (χ1) is 13.1. The van der Waals surface area contributed by atoms with Crippen molar-refractivity contribution in [3.8, 4) is 6.07 Å². The number of pyridine rings is 1. The number of benzene rings is 1. The number of carbonyl (C=O) groups excluding carboxylic acids is 1. The van der Waals surface area contributed by atoms with Crippen molar-refractivity contribution in [1.82, 2.24) is 4.98 Å². The monoisotopic (exact) mass is 381 g/mol. The van der Waals surface area contributed by atoms with Gasteiger partial charge in [0.2, 0.25) is 5.91 Å². The third kappa shape index (κ3) is 6.11. The van der Waals surface area contributed by atoms with Gasteiger partial charge in [-0.15, -0.1) is 11.8 Å². The van der Waals surface area contributed by atoms with Crippen LogP contribution in [0.3, 0.4) is 0 Å². The van der Waals surface area contributed by atoms with Gasteiger partial charge in [0.25, 0.3) is 0 Å². The molecule has 0 spiro atoms. The lowest BCUT2D eigenvalue weighted by Crippen LogP contribution is -2.14. The second kappa shape index (κ2) is 10.7. The van der Waals surface area contributed by atoms with Gasteiger partial charge in [-0.25, -0.2) is 4.98 Å². The number of anilines is 1. The van der Waals surface area contributed by atoms with Crippen LogP contribution in [-0.2, 0) is 17.6 Å². The molecule has 1 aromatic carbocycles. The van der Waals surface area contributed by atoms with E-state index in [0.29, 0.717) is 17.7 Å². The summed E-state index contributed by atoms with van der Waals surface area (Å²) < 4.78 is 0. The van der Waals surface area contributed by atoms with E-state index >= 15 is 0 Å². The topological polar surface area (TPSA) is 65.8 Å².